The first-order chi connectivity index (χ1) is 10.1. The van der Waals surface area contributed by atoms with E-state index < -0.39 is 10.0 Å². The predicted molar refractivity (Wildman–Crippen MR) is 75.6 cm³/mol. The Morgan fingerprint density at radius 1 is 1.24 bits per heavy atom. The minimum absolute atomic E-state index is 0.0377. The molecule has 0 atom stereocenters. The molecular formula is C15H14N2O3S. The van der Waals surface area contributed by atoms with Crippen molar-refractivity contribution in [3.8, 4) is 6.07 Å². The van der Waals surface area contributed by atoms with Gasteiger partial charge in [-0.3, -0.25) is 0 Å². The largest absolute Gasteiger partial charge is 0.468 e. The van der Waals surface area contributed by atoms with Crippen molar-refractivity contribution >= 4 is 10.0 Å². The molecule has 0 N–H and O–H groups in total. The molecule has 1 aromatic heterocycles. The highest BCUT2D eigenvalue weighted by Gasteiger charge is 2.38. The normalized spacial score (nSPS) is 15.0. The molecular weight excluding hydrogens is 288 g/mol. The van der Waals surface area contributed by atoms with Crippen LogP contribution in [0.4, 0.5) is 0 Å². The third-order valence-corrected chi connectivity index (χ3v) is 5.35. The van der Waals surface area contributed by atoms with E-state index in [9.17, 15) is 8.42 Å². The Kier molecular flexibility index (Phi) is 3.53. The first-order valence-electron chi connectivity index (χ1n) is 6.65. The average Bonchev–Trinajstić information content (AvgIpc) is 3.20. The van der Waals surface area contributed by atoms with E-state index in [-0.39, 0.29) is 17.5 Å². The van der Waals surface area contributed by atoms with Gasteiger partial charge in [-0.1, -0.05) is 0 Å². The molecule has 1 aliphatic rings. The first kappa shape index (κ1) is 13.9. The summed E-state index contributed by atoms with van der Waals surface area (Å²) in [5.74, 6) is 0.624. The molecule has 0 aliphatic heterocycles. The molecule has 1 aliphatic carbocycles. The molecule has 6 heteroatoms. The van der Waals surface area contributed by atoms with Gasteiger partial charge >= 0.3 is 0 Å². The van der Waals surface area contributed by atoms with Crippen molar-refractivity contribution in [1.82, 2.24) is 4.31 Å². The lowest BCUT2D eigenvalue weighted by Crippen LogP contribution is -2.32. The van der Waals surface area contributed by atoms with Crippen LogP contribution in [-0.2, 0) is 16.6 Å². The van der Waals surface area contributed by atoms with Gasteiger partial charge < -0.3 is 4.42 Å². The fourth-order valence-electron chi connectivity index (χ4n) is 2.17. The smallest absolute Gasteiger partial charge is 0.243 e. The summed E-state index contributed by atoms with van der Waals surface area (Å²) in [5.41, 5.74) is 0.443. The first-order valence-corrected chi connectivity index (χ1v) is 8.09. The number of rotatable bonds is 5. The van der Waals surface area contributed by atoms with Crippen molar-refractivity contribution in [2.75, 3.05) is 0 Å². The van der Waals surface area contributed by atoms with Gasteiger partial charge in [0.05, 0.1) is 29.3 Å². The van der Waals surface area contributed by atoms with Crippen molar-refractivity contribution in [2.24, 2.45) is 0 Å². The molecule has 2 aromatic rings. The number of nitrogens with zero attached hydrogens (tertiary/aromatic N) is 2. The lowest BCUT2D eigenvalue weighted by atomic mass is 10.2. The summed E-state index contributed by atoms with van der Waals surface area (Å²) in [6, 6.07) is 11.5. The lowest BCUT2D eigenvalue weighted by molar-refractivity contribution is 0.356. The lowest BCUT2D eigenvalue weighted by Gasteiger charge is -2.20. The summed E-state index contributed by atoms with van der Waals surface area (Å²) >= 11 is 0. The standard InChI is InChI=1S/C15H14N2O3S/c16-10-12-3-7-15(8-4-12)21(18,19)17(13-5-6-13)11-14-2-1-9-20-14/h1-4,7-9,13H,5-6,11H2. The highest BCUT2D eigenvalue weighted by Crippen LogP contribution is 2.33. The second-order valence-electron chi connectivity index (χ2n) is 5.00. The van der Waals surface area contributed by atoms with Gasteiger partial charge in [0.15, 0.2) is 0 Å². The third-order valence-electron chi connectivity index (χ3n) is 3.44. The summed E-state index contributed by atoms with van der Waals surface area (Å²) in [6.45, 7) is 0.236. The quantitative estimate of drug-likeness (QED) is 0.850. The van der Waals surface area contributed by atoms with Crippen molar-refractivity contribution < 1.29 is 12.8 Å². The second-order valence-corrected chi connectivity index (χ2v) is 6.89. The van der Waals surface area contributed by atoms with Gasteiger partial charge in [-0.15, -0.1) is 0 Å². The van der Waals surface area contributed by atoms with Crippen LogP contribution in [0.25, 0.3) is 0 Å². The van der Waals surface area contributed by atoms with Crippen LogP contribution in [0.5, 0.6) is 0 Å². The zero-order chi connectivity index (χ0) is 14.9. The summed E-state index contributed by atoms with van der Waals surface area (Å²) in [5, 5.41) is 8.79. The van der Waals surface area contributed by atoms with Crippen molar-refractivity contribution in [3.63, 3.8) is 0 Å². The summed E-state index contributed by atoms with van der Waals surface area (Å²) in [6.07, 6.45) is 3.28. The van der Waals surface area contributed by atoms with E-state index in [0.29, 0.717) is 11.3 Å². The molecule has 1 fully saturated rings. The molecule has 5 nitrogen and oxygen atoms in total. The number of hydrogen-bond donors (Lipinski definition) is 0. The zero-order valence-corrected chi connectivity index (χ0v) is 12.1. The molecule has 1 saturated carbocycles. The maximum atomic E-state index is 12.7. The van der Waals surface area contributed by atoms with E-state index in [1.165, 1.54) is 34.8 Å². The number of benzene rings is 1. The molecule has 0 radical (unpaired) electrons. The van der Waals surface area contributed by atoms with E-state index in [0.717, 1.165) is 12.8 Å². The Morgan fingerprint density at radius 2 is 1.95 bits per heavy atom. The van der Waals surface area contributed by atoms with Crippen LogP contribution >= 0.6 is 0 Å². The molecule has 3 rings (SSSR count). The number of hydrogen-bond acceptors (Lipinski definition) is 4. The van der Waals surface area contributed by atoms with Crippen molar-refractivity contribution in [2.45, 2.75) is 30.3 Å². The van der Waals surface area contributed by atoms with E-state index in [4.69, 9.17) is 9.68 Å². The number of sulfonamides is 1. The maximum Gasteiger partial charge on any atom is 0.243 e. The third kappa shape index (κ3) is 2.84. The van der Waals surface area contributed by atoms with Gasteiger partial charge in [0.2, 0.25) is 10.0 Å². The summed E-state index contributed by atoms with van der Waals surface area (Å²) in [4.78, 5) is 0.208. The van der Waals surface area contributed by atoms with Crippen LogP contribution in [0.1, 0.15) is 24.2 Å². The molecule has 1 aromatic carbocycles. The summed E-state index contributed by atoms with van der Waals surface area (Å²) < 4.78 is 32.2. The highest BCUT2D eigenvalue weighted by molar-refractivity contribution is 7.89. The minimum atomic E-state index is -3.57. The minimum Gasteiger partial charge on any atom is -0.468 e. The molecule has 0 bridgehead atoms. The Morgan fingerprint density at radius 3 is 2.48 bits per heavy atom. The predicted octanol–water partition coefficient (Wildman–Crippen LogP) is 2.50. The van der Waals surface area contributed by atoms with Crippen LogP contribution < -0.4 is 0 Å². The van der Waals surface area contributed by atoms with Crippen LogP contribution in [-0.4, -0.2) is 18.8 Å². The zero-order valence-electron chi connectivity index (χ0n) is 11.3. The molecule has 0 amide bonds. The molecule has 0 unspecified atom stereocenters. The summed E-state index contributed by atoms with van der Waals surface area (Å²) in [7, 11) is -3.57. The average molecular weight is 302 g/mol. The van der Waals surface area contributed by atoms with Gasteiger partial charge in [0.1, 0.15) is 5.76 Å². The van der Waals surface area contributed by atoms with E-state index >= 15 is 0 Å². The molecule has 108 valence electrons. The van der Waals surface area contributed by atoms with Crippen molar-refractivity contribution in [1.29, 1.82) is 5.26 Å². The molecule has 0 spiro atoms. The number of furan rings is 1. The van der Waals surface area contributed by atoms with Crippen LogP contribution in [0.2, 0.25) is 0 Å². The van der Waals surface area contributed by atoms with Crippen LogP contribution in [0, 0.1) is 11.3 Å². The SMILES string of the molecule is N#Cc1ccc(S(=O)(=O)N(Cc2ccco2)C2CC2)cc1. The van der Waals surface area contributed by atoms with Gasteiger partial charge in [-0.05, 0) is 49.2 Å². The molecule has 21 heavy (non-hydrogen) atoms. The second kappa shape index (κ2) is 5.35. The maximum absolute atomic E-state index is 12.7. The van der Waals surface area contributed by atoms with Gasteiger partial charge in [-0.2, -0.15) is 9.57 Å². The molecule has 1 heterocycles. The van der Waals surface area contributed by atoms with Gasteiger partial charge in [-0.25, -0.2) is 8.42 Å². The van der Waals surface area contributed by atoms with Gasteiger partial charge in [0, 0.05) is 6.04 Å². The van der Waals surface area contributed by atoms with E-state index in [1.807, 2.05) is 6.07 Å². The Labute approximate surface area is 123 Å². The van der Waals surface area contributed by atoms with Gasteiger partial charge in [0.25, 0.3) is 0 Å². The number of nitriles is 1. The van der Waals surface area contributed by atoms with E-state index in [1.54, 1.807) is 12.1 Å². The highest BCUT2D eigenvalue weighted by atomic mass is 32.2. The van der Waals surface area contributed by atoms with Crippen molar-refractivity contribution in [3.05, 3.63) is 54.0 Å². The fourth-order valence-corrected chi connectivity index (χ4v) is 3.82. The van der Waals surface area contributed by atoms with Crippen LogP contribution in [0.3, 0.4) is 0 Å². The van der Waals surface area contributed by atoms with E-state index in [2.05, 4.69) is 0 Å². The Bertz CT molecular complexity index is 754. The monoisotopic (exact) mass is 302 g/mol. The Balaban J connectivity index is 1.91. The topological polar surface area (TPSA) is 74.3 Å². The van der Waals surface area contributed by atoms with Crippen LogP contribution in [0.15, 0.2) is 52.0 Å². The fraction of sp³-hybridized carbons (Fsp3) is 0.267. The Hall–Kier alpha value is -2.10. The molecule has 0 saturated heterocycles.